The summed E-state index contributed by atoms with van der Waals surface area (Å²) in [7, 11) is -3.44. The molecule has 2 aromatic carbocycles. The minimum Gasteiger partial charge on any atom is -0.491 e. The molecule has 1 aromatic heterocycles. The highest BCUT2D eigenvalue weighted by Crippen LogP contribution is 2.31. The molecule has 4 aliphatic rings. The molecule has 0 radical (unpaired) electrons. The van der Waals surface area contributed by atoms with Crippen molar-refractivity contribution in [2.45, 2.75) is 56.7 Å². The van der Waals surface area contributed by atoms with E-state index >= 15 is 0 Å². The third kappa shape index (κ3) is 10.4. The third-order valence-electron chi connectivity index (χ3n) is 11.1. The lowest BCUT2D eigenvalue weighted by molar-refractivity contribution is -0.136. The summed E-state index contributed by atoms with van der Waals surface area (Å²) in [5.41, 5.74) is 1.69. The highest BCUT2D eigenvalue weighted by Gasteiger charge is 2.44. The molecule has 4 amide bonds. The number of benzene rings is 2. The molecule has 314 valence electrons. The first-order valence-corrected chi connectivity index (χ1v) is 21.6. The minimum absolute atomic E-state index is 0.0474. The number of ether oxygens (including phenoxy) is 4. The first-order chi connectivity index (χ1) is 28.6. The number of nitrogens with one attached hydrogen (secondary N) is 2. The van der Waals surface area contributed by atoms with E-state index in [1.165, 1.54) is 12.1 Å². The van der Waals surface area contributed by atoms with E-state index in [-0.39, 0.29) is 68.8 Å². The maximum Gasteiger partial charge on any atom is 0.262 e. The van der Waals surface area contributed by atoms with Crippen molar-refractivity contribution in [3.63, 3.8) is 0 Å². The normalized spacial score (nSPS) is 21.7. The van der Waals surface area contributed by atoms with Crippen molar-refractivity contribution in [2.75, 3.05) is 83.5 Å². The molecule has 2 saturated heterocycles. The largest absolute Gasteiger partial charge is 0.491 e. The Balaban J connectivity index is 0.702. The highest BCUT2D eigenvalue weighted by atomic mass is 32.2. The Hall–Kier alpha value is -5.10. The molecule has 4 heterocycles. The van der Waals surface area contributed by atoms with E-state index < -0.39 is 39.7 Å². The SMILES string of the molecule is N#Cc1ccc2nc(NC3CCC(N4CCN(S(=O)(=O)CCOCCOCCOCCOc5ccc6c(c5)C(=O)N(C5CCC(=O)NC5=O)C6=O)CC4)CC3)ncc2c1. The van der Waals surface area contributed by atoms with Gasteiger partial charge >= 0.3 is 0 Å². The van der Waals surface area contributed by atoms with Gasteiger partial charge in [0, 0.05) is 56.3 Å². The number of imide groups is 2. The lowest BCUT2D eigenvalue weighted by Crippen LogP contribution is -2.54. The summed E-state index contributed by atoms with van der Waals surface area (Å²) in [6.07, 6.45) is 5.86. The first kappa shape index (κ1) is 42.0. The van der Waals surface area contributed by atoms with E-state index in [0.29, 0.717) is 62.7 Å². The second kappa shape index (κ2) is 19.3. The average Bonchev–Trinajstić information content (AvgIpc) is 3.49. The smallest absolute Gasteiger partial charge is 0.262 e. The number of fused-ring (bicyclic) bond motifs is 2. The van der Waals surface area contributed by atoms with Gasteiger partial charge in [0.25, 0.3) is 11.8 Å². The van der Waals surface area contributed by atoms with Crippen molar-refractivity contribution in [3.8, 4) is 11.8 Å². The molecule has 0 spiro atoms. The van der Waals surface area contributed by atoms with Crippen LogP contribution < -0.4 is 15.4 Å². The van der Waals surface area contributed by atoms with Crippen LogP contribution in [0.4, 0.5) is 5.95 Å². The summed E-state index contributed by atoms with van der Waals surface area (Å²) in [4.78, 5) is 61.9. The highest BCUT2D eigenvalue weighted by molar-refractivity contribution is 7.89. The van der Waals surface area contributed by atoms with Gasteiger partial charge in [-0.2, -0.15) is 9.57 Å². The number of piperazine rings is 1. The summed E-state index contributed by atoms with van der Waals surface area (Å²) in [6.45, 7) is 3.98. The Kier molecular flexibility index (Phi) is 13.8. The van der Waals surface area contributed by atoms with E-state index in [0.717, 1.165) is 41.5 Å². The van der Waals surface area contributed by atoms with E-state index in [4.69, 9.17) is 24.2 Å². The van der Waals surface area contributed by atoms with Crippen molar-refractivity contribution >= 4 is 50.5 Å². The quantitative estimate of drug-likeness (QED) is 0.138. The second-order valence-electron chi connectivity index (χ2n) is 14.8. The molecule has 2 N–H and O–H groups in total. The molecule has 3 aromatic rings. The van der Waals surface area contributed by atoms with Gasteiger partial charge in [0.15, 0.2) is 0 Å². The molecule has 59 heavy (non-hydrogen) atoms. The summed E-state index contributed by atoms with van der Waals surface area (Å²) >= 11 is 0. The Bertz CT molecular complexity index is 2180. The van der Waals surface area contributed by atoms with Gasteiger partial charge in [-0.1, -0.05) is 0 Å². The summed E-state index contributed by atoms with van der Waals surface area (Å²) < 4.78 is 49.9. The van der Waals surface area contributed by atoms with Gasteiger partial charge in [-0.05, 0) is 68.5 Å². The van der Waals surface area contributed by atoms with Crippen LogP contribution in [0.3, 0.4) is 0 Å². The minimum atomic E-state index is -3.44. The lowest BCUT2D eigenvalue weighted by Gasteiger charge is -2.41. The van der Waals surface area contributed by atoms with Crippen LogP contribution in [-0.2, 0) is 33.8 Å². The standard InChI is InChI=1S/C40H48N8O10S/c41-25-27-1-8-34-28(23-27)26-42-40(44-34)43-29-2-4-30(5-3-29)46-11-13-47(14-12-46)59(53,54)22-21-57-18-17-55-15-16-56-19-20-58-31-6-7-32-33(24-31)39(52)48(38(32)51)35-9-10-36(49)45-37(35)50/h1,6-8,23-24,26,29-30,35H,2-5,9-22H2,(H,42,43,44)(H,45,49,50). The van der Waals surface area contributed by atoms with Gasteiger partial charge in [-0.3, -0.25) is 34.3 Å². The first-order valence-electron chi connectivity index (χ1n) is 20.0. The maximum atomic E-state index is 13.0. The average molecular weight is 833 g/mol. The van der Waals surface area contributed by atoms with Crippen molar-refractivity contribution < 1.29 is 46.5 Å². The van der Waals surface area contributed by atoms with Crippen LogP contribution in [0.1, 0.15) is 64.8 Å². The van der Waals surface area contributed by atoms with Crippen LogP contribution in [0.25, 0.3) is 10.9 Å². The van der Waals surface area contributed by atoms with Crippen LogP contribution in [-0.4, -0.2) is 152 Å². The summed E-state index contributed by atoms with van der Waals surface area (Å²) in [5.74, 6) is -1.41. The zero-order chi connectivity index (χ0) is 41.4. The third-order valence-corrected chi connectivity index (χ3v) is 12.9. The van der Waals surface area contributed by atoms with E-state index in [9.17, 15) is 27.6 Å². The number of hydrogen-bond donors (Lipinski definition) is 2. The van der Waals surface area contributed by atoms with Gasteiger partial charge in [0.05, 0.1) is 73.7 Å². The number of hydrogen-bond acceptors (Lipinski definition) is 15. The Morgan fingerprint density at radius 1 is 0.814 bits per heavy atom. The number of piperidine rings is 1. The number of nitriles is 1. The Morgan fingerprint density at radius 2 is 1.51 bits per heavy atom. The number of rotatable bonds is 18. The Labute approximate surface area is 342 Å². The number of amides is 4. The predicted octanol–water partition coefficient (Wildman–Crippen LogP) is 1.70. The molecule has 3 fully saturated rings. The molecule has 1 saturated carbocycles. The second-order valence-corrected chi connectivity index (χ2v) is 16.9. The molecular weight excluding hydrogens is 785 g/mol. The van der Waals surface area contributed by atoms with Gasteiger partial charge < -0.3 is 24.3 Å². The monoisotopic (exact) mass is 832 g/mol. The number of carbonyl (C=O) groups is 4. The molecule has 7 rings (SSSR count). The van der Waals surface area contributed by atoms with Crippen molar-refractivity contribution in [1.29, 1.82) is 5.26 Å². The molecule has 1 unspecified atom stereocenters. The maximum absolute atomic E-state index is 13.0. The molecule has 0 bridgehead atoms. The topological polar surface area (TPSA) is 223 Å². The summed E-state index contributed by atoms with van der Waals surface area (Å²) in [5, 5.41) is 15.6. The van der Waals surface area contributed by atoms with Crippen molar-refractivity contribution in [2.24, 2.45) is 0 Å². The number of sulfonamides is 1. The van der Waals surface area contributed by atoms with Crippen LogP contribution in [0.15, 0.2) is 42.6 Å². The van der Waals surface area contributed by atoms with Gasteiger partial charge in [0.1, 0.15) is 18.4 Å². The van der Waals surface area contributed by atoms with Crippen LogP contribution in [0, 0.1) is 11.3 Å². The van der Waals surface area contributed by atoms with Crippen molar-refractivity contribution in [1.82, 2.24) is 29.4 Å². The number of nitrogens with zero attached hydrogens (tertiary/aromatic N) is 6. The van der Waals surface area contributed by atoms with Gasteiger partial charge in [0.2, 0.25) is 27.8 Å². The molecule has 1 aliphatic carbocycles. The van der Waals surface area contributed by atoms with Crippen LogP contribution >= 0.6 is 0 Å². The predicted molar refractivity (Wildman–Crippen MR) is 212 cm³/mol. The van der Waals surface area contributed by atoms with Crippen LogP contribution in [0.2, 0.25) is 0 Å². The molecular formula is C40H48N8O10S. The zero-order valence-corrected chi connectivity index (χ0v) is 33.5. The fraction of sp³-hybridized carbons (Fsp3) is 0.525. The number of carbonyl (C=O) groups excluding carboxylic acids is 4. The van der Waals surface area contributed by atoms with E-state index in [2.05, 4.69) is 31.6 Å². The zero-order valence-electron chi connectivity index (χ0n) is 32.7. The molecule has 18 nitrogen and oxygen atoms in total. The van der Waals surface area contributed by atoms with E-state index in [1.54, 1.807) is 28.7 Å². The van der Waals surface area contributed by atoms with Gasteiger partial charge in [-0.15, -0.1) is 0 Å². The Morgan fingerprint density at radius 3 is 2.22 bits per heavy atom. The van der Waals surface area contributed by atoms with E-state index in [1.807, 2.05) is 6.07 Å². The fourth-order valence-electron chi connectivity index (χ4n) is 7.88. The fourth-order valence-corrected chi connectivity index (χ4v) is 9.19. The van der Waals surface area contributed by atoms with Crippen molar-refractivity contribution in [3.05, 3.63) is 59.3 Å². The number of aromatic nitrogens is 2. The molecule has 19 heteroatoms. The van der Waals surface area contributed by atoms with Crippen LogP contribution in [0.5, 0.6) is 5.75 Å². The molecule has 1 atom stereocenters. The lowest BCUT2D eigenvalue weighted by atomic mass is 9.90. The molecule has 3 aliphatic heterocycles. The number of anilines is 1. The van der Waals surface area contributed by atoms with Gasteiger partial charge in [-0.25, -0.2) is 18.4 Å². The summed E-state index contributed by atoms with van der Waals surface area (Å²) in [6, 6.07) is 11.7.